The van der Waals surface area contributed by atoms with Crippen LogP contribution in [0.1, 0.15) is 61.3 Å². The van der Waals surface area contributed by atoms with Crippen LogP contribution >= 0.6 is 0 Å². The van der Waals surface area contributed by atoms with Gasteiger partial charge in [0.2, 0.25) is 10.0 Å². The van der Waals surface area contributed by atoms with Gasteiger partial charge < -0.3 is 23.7 Å². The van der Waals surface area contributed by atoms with Gasteiger partial charge in [0.05, 0.1) is 24.1 Å². The fraction of sp³-hybridized carbons (Fsp3) is 0.708. The zero-order valence-electron chi connectivity index (χ0n) is 22.1. The van der Waals surface area contributed by atoms with Crippen LogP contribution in [0.3, 0.4) is 0 Å². The van der Waals surface area contributed by atoms with Crippen LogP contribution in [0.2, 0.25) is 0 Å². The molecule has 0 aromatic heterocycles. The number of hydrogen-bond donors (Lipinski definition) is 1. The van der Waals surface area contributed by atoms with Crippen LogP contribution in [0.15, 0.2) is 18.2 Å². The predicted octanol–water partition coefficient (Wildman–Crippen LogP) is 3.38. The Kier molecular flexibility index (Phi) is 7.75. The Labute approximate surface area is 210 Å². The van der Waals surface area contributed by atoms with Crippen LogP contribution in [0.25, 0.3) is 0 Å². The Hall–Kier alpha value is -1.98. The van der Waals surface area contributed by atoms with Gasteiger partial charge in [0.1, 0.15) is 11.4 Å². The molecule has 196 valence electrons. The molecule has 1 N–H and O–H groups in total. The number of anilines is 1. The van der Waals surface area contributed by atoms with Crippen molar-refractivity contribution in [3.63, 3.8) is 0 Å². The fourth-order valence-electron chi connectivity index (χ4n) is 3.93. The summed E-state index contributed by atoms with van der Waals surface area (Å²) >= 11 is 0. The summed E-state index contributed by atoms with van der Waals surface area (Å²) in [5.41, 5.74) is -0.578. The quantitative estimate of drug-likeness (QED) is 0.586. The summed E-state index contributed by atoms with van der Waals surface area (Å²) in [6.07, 6.45) is 2.43. The first kappa shape index (κ1) is 27.6. The minimum Gasteiger partial charge on any atom is -0.494 e. The maximum absolute atomic E-state index is 12.3. The normalized spacial score (nSPS) is 20.6. The van der Waals surface area contributed by atoms with Gasteiger partial charge in [-0.3, -0.25) is 4.72 Å². The molecule has 2 fully saturated rings. The highest BCUT2D eigenvalue weighted by atomic mass is 32.2. The lowest BCUT2D eigenvalue weighted by atomic mass is 9.78. The summed E-state index contributed by atoms with van der Waals surface area (Å²) < 4.78 is 50.1. The third kappa shape index (κ3) is 7.27. The Morgan fingerprint density at radius 2 is 1.71 bits per heavy atom. The third-order valence-corrected chi connectivity index (χ3v) is 7.17. The molecular formula is C24H39BN2O7S. The van der Waals surface area contributed by atoms with E-state index in [1.165, 1.54) is 0 Å². The van der Waals surface area contributed by atoms with Gasteiger partial charge in [-0.25, -0.2) is 13.2 Å². The molecule has 11 heteroatoms. The van der Waals surface area contributed by atoms with Crippen LogP contribution in [0, 0.1) is 5.92 Å². The van der Waals surface area contributed by atoms with Gasteiger partial charge in [-0.05, 0) is 85.4 Å². The minimum atomic E-state index is -3.44. The average Bonchev–Trinajstić information content (AvgIpc) is 2.92. The number of amides is 1. The summed E-state index contributed by atoms with van der Waals surface area (Å²) in [5.74, 6) is 0.853. The molecular weight excluding hydrogens is 471 g/mol. The SMILES string of the molecule is CC(C)(C)OC(=O)N1CCC(COc2ccc(NS(C)(=O)=O)cc2B2OC(C)(C)C(C)(C)O2)CC1. The van der Waals surface area contributed by atoms with E-state index < -0.39 is 33.9 Å². The van der Waals surface area contributed by atoms with E-state index in [9.17, 15) is 13.2 Å². The van der Waals surface area contributed by atoms with Crippen molar-refractivity contribution < 1.29 is 32.0 Å². The van der Waals surface area contributed by atoms with Gasteiger partial charge in [-0.15, -0.1) is 0 Å². The molecule has 3 rings (SSSR count). The molecule has 0 unspecified atom stereocenters. The van der Waals surface area contributed by atoms with Gasteiger partial charge >= 0.3 is 13.2 Å². The van der Waals surface area contributed by atoms with Crippen molar-refractivity contribution in [1.82, 2.24) is 4.90 Å². The van der Waals surface area contributed by atoms with Crippen LogP contribution in [0.4, 0.5) is 10.5 Å². The van der Waals surface area contributed by atoms with Crippen molar-refractivity contribution in [1.29, 1.82) is 0 Å². The minimum absolute atomic E-state index is 0.272. The summed E-state index contributed by atoms with van der Waals surface area (Å²) in [6, 6.07) is 5.10. The Bertz CT molecular complexity index is 1010. The molecule has 1 aromatic rings. The number of hydrogen-bond acceptors (Lipinski definition) is 7. The summed E-state index contributed by atoms with van der Waals surface area (Å²) in [5, 5.41) is 0. The smallest absolute Gasteiger partial charge is 0.494 e. The number of sulfonamides is 1. The second kappa shape index (κ2) is 9.82. The predicted molar refractivity (Wildman–Crippen MR) is 137 cm³/mol. The molecule has 0 saturated carbocycles. The molecule has 0 atom stereocenters. The largest absolute Gasteiger partial charge is 0.498 e. The van der Waals surface area contributed by atoms with Crippen LogP contribution in [0.5, 0.6) is 5.75 Å². The standard InChI is InChI=1S/C24H39BN2O7S/c1-22(2,3)32-21(28)27-13-11-17(12-14-27)16-31-20-10-9-18(26-35(8,29)30)15-19(20)25-33-23(4,5)24(6,7)34-25/h9-10,15,17,26H,11-14,16H2,1-8H3. The van der Waals surface area contributed by atoms with Crippen LogP contribution < -0.4 is 14.9 Å². The zero-order valence-corrected chi connectivity index (χ0v) is 23.0. The van der Waals surface area contributed by atoms with E-state index in [4.69, 9.17) is 18.8 Å². The number of likely N-dealkylation sites (tertiary alicyclic amines) is 1. The van der Waals surface area contributed by atoms with E-state index in [-0.39, 0.29) is 12.0 Å². The van der Waals surface area contributed by atoms with E-state index in [0.717, 1.165) is 19.1 Å². The Morgan fingerprint density at radius 3 is 2.23 bits per heavy atom. The lowest BCUT2D eigenvalue weighted by Crippen LogP contribution is -2.42. The second-order valence-electron chi connectivity index (χ2n) is 11.4. The van der Waals surface area contributed by atoms with Crippen molar-refractivity contribution in [3.05, 3.63) is 18.2 Å². The highest BCUT2D eigenvalue weighted by Gasteiger charge is 2.52. The van der Waals surface area contributed by atoms with Gasteiger partial charge in [0.25, 0.3) is 0 Å². The summed E-state index contributed by atoms with van der Waals surface area (Å²) in [7, 11) is -4.15. The number of nitrogens with zero attached hydrogens (tertiary/aromatic N) is 1. The van der Waals surface area contributed by atoms with Gasteiger partial charge in [0.15, 0.2) is 0 Å². The lowest BCUT2D eigenvalue weighted by molar-refractivity contribution is 0.00578. The summed E-state index contributed by atoms with van der Waals surface area (Å²) in [6.45, 7) is 15.1. The molecule has 0 radical (unpaired) electrons. The molecule has 1 aromatic carbocycles. The average molecular weight is 510 g/mol. The van der Waals surface area contributed by atoms with E-state index in [1.54, 1.807) is 23.1 Å². The molecule has 0 spiro atoms. The highest BCUT2D eigenvalue weighted by molar-refractivity contribution is 7.92. The van der Waals surface area contributed by atoms with E-state index in [0.29, 0.717) is 36.6 Å². The fourth-order valence-corrected chi connectivity index (χ4v) is 4.48. The number of carbonyl (C=O) groups excluding carboxylic acids is 1. The number of nitrogens with one attached hydrogen (secondary N) is 1. The topological polar surface area (TPSA) is 103 Å². The molecule has 1 amide bonds. The zero-order chi connectivity index (χ0) is 26.2. The maximum Gasteiger partial charge on any atom is 0.498 e. The van der Waals surface area contributed by atoms with Gasteiger partial charge in [-0.1, -0.05) is 0 Å². The maximum atomic E-state index is 12.3. The molecule has 35 heavy (non-hydrogen) atoms. The van der Waals surface area contributed by atoms with E-state index in [2.05, 4.69) is 4.72 Å². The Balaban J connectivity index is 1.70. The van der Waals surface area contributed by atoms with E-state index >= 15 is 0 Å². The van der Waals surface area contributed by atoms with Gasteiger partial charge in [0, 0.05) is 24.2 Å². The number of rotatable bonds is 6. The molecule has 2 aliphatic heterocycles. The first-order chi connectivity index (χ1) is 16.0. The molecule has 2 saturated heterocycles. The van der Waals surface area contributed by atoms with Crippen molar-refractivity contribution in [2.24, 2.45) is 5.92 Å². The molecule has 2 aliphatic rings. The molecule has 2 heterocycles. The van der Waals surface area contributed by atoms with E-state index in [1.807, 2.05) is 48.5 Å². The number of piperidine rings is 1. The number of carbonyl (C=O) groups is 1. The first-order valence-corrected chi connectivity index (χ1v) is 13.9. The van der Waals surface area contributed by atoms with Crippen molar-refractivity contribution in [2.45, 2.75) is 78.1 Å². The third-order valence-electron chi connectivity index (χ3n) is 6.56. The monoisotopic (exact) mass is 510 g/mol. The van der Waals surface area contributed by atoms with Crippen molar-refractivity contribution in [2.75, 3.05) is 30.7 Å². The van der Waals surface area contributed by atoms with Crippen molar-refractivity contribution >= 4 is 34.4 Å². The highest BCUT2D eigenvalue weighted by Crippen LogP contribution is 2.37. The lowest BCUT2D eigenvalue weighted by Gasteiger charge is -2.33. The van der Waals surface area contributed by atoms with Crippen LogP contribution in [-0.4, -0.2) is 69.3 Å². The molecule has 0 bridgehead atoms. The first-order valence-electron chi connectivity index (χ1n) is 12.0. The van der Waals surface area contributed by atoms with Crippen molar-refractivity contribution in [3.8, 4) is 5.75 Å². The van der Waals surface area contributed by atoms with Gasteiger partial charge in [-0.2, -0.15) is 0 Å². The summed E-state index contributed by atoms with van der Waals surface area (Å²) in [4.78, 5) is 14.1. The van der Waals surface area contributed by atoms with Crippen LogP contribution in [-0.2, 0) is 24.1 Å². The second-order valence-corrected chi connectivity index (χ2v) is 13.2. The Morgan fingerprint density at radius 1 is 1.14 bits per heavy atom. The number of benzene rings is 1. The molecule has 0 aliphatic carbocycles. The molecule has 9 nitrogen and oxygen atoms in total. The number of ether oxygens (including phenoxy) is 2.